The van der Waals surface area contributed by atoms with Gasteiger partial charge in [0.2, 0.25) is 0 Å². The predicted molar refractivity (Wildman–Crippen MR) is 153 cm³/mol. The van der Waals surface area contributed by atoms with Crippen molar-refractivity contribution in [1.82, 2.24) is 20.8 Å². The van der Waals surface area contributed by atoms with E-state index in [1.807, 2.05) is 48.5 Å². The molecule has 11 heteroatoms. The number of pyridine rings is 2. The average Bonchev–Trinajstić information content (AvgIpc) is 3.02. The van der Waals surface area contributed by atoms with Gasteiger partial charge >= 0.3 is 0 Å². The quantitative estimate of drug-likeness (QED) is 0.139. The molecule has 4 aromatic rings. The van der Waals surface area contributed by atoms with Gasteiger partial charge < -0.3 is 14.2 Å². The molecule has 4 rings (SSSR count). The van der Waals surface area contributed by atoms with Gasteiger partial charge in [0.15, 0.2) is 0 Å². The van der Waals surface area contributed by atoms with Gasteiger partial charge in [-0.3, -0.25) is 19.6 Å². The average molecular weight is 553 g/mol. The Morgan fingerprint density at radius 1 is 0.610 bits per heavy atom. The van der Waals surface area contributed by atoms with E-state index in [2.05, 4.69) is 31.0 Å². The first-order valence-electron chi connectivity index (χ1n) is 12.7. The number of carbonyl (C=O) groups excluding carboxylic acids is 2. The highest BCUT2D eigenvalue weighted by molar-refractivity contribution is 5.95. The van der Waals surface area contributed by atoms with Crippen LogP contribution >= 0.6 is 0 Å². The molecule has 2 heterocycles. The van der Waals surface area contributed by atoms with Gasteiger partial charge in [0.1, 0.15) is 24.7 Å². The molecule has 0 saturated carbocycles. The first-order chi connectivity index (χ1) is 20.2. The highest BCUT2D eigenvalue weighted by Crippen LogP contribution is 2.17. The van der Waals surface area contributed by atoms with Crippen molar-refractivity contribution in [1.29, 1.82) is 0 Å². The van der Waals surface area contributed by atoms with Crippen molar-refractivity contribution in [3.05, 3.63) is 120 Å². The first-order valence-corrected chi connectivity index (χ1v) is 12.7. The monoisotopic (exact) mass is 552 g/mol. The zero-order valence-electron chi connectivity index (χ0n) is 22.1. The number of para-hydroxylation sites is 2. The fourth-order valence-corrected chi connectivity index (χ4v) is 3.42. The molecule has 11 nitrogen and oxygen atoms in total. The lowest BCUT2D eigenvalue weighted by atomic mass is 10.2. The van der Waals surface area contributed by atoms with Crippen molar-refractivity contribution in [3.8, 4) is 11.5 Å². The van der Waals surface area contributed by atoms with Crippen LogP contribution in [0.15, 0.2) is 108 Å². The Hall–Kier alpha value is -5.42. The molecule has 0 fully saturated rings. The van der Waals surface area contributed by atoms with E-state index >= 15 is 0 Å². The molecule has 0 saturated heterocycles. The summed E-state index contributed by atoms with van der Waals surface area (Å²) < 4.78 is 17.3. The van der Waals surface area contributed by atoms with Crippen LogP contribution in [0.25, 0.3) is 0 Å². The minimum atomic E-state index is -0.333. The molecular formula is C30H28N6O5. The van der Waals surface area contributed by atoms with E-state index in [-0.39, 0.29) is 11.8 Å². The van der Waals surface area contributed by atoms with Gasteiger partial charge in [-0.05, 0) is 48.5 Å². The topological polar surface area (TPSA) is 136 Å². The smallest absolute Gasteiger partial charge is 0.271 e. The normalized spacial score (nSPS) is 10.9. The Bertz CT molecular complexity index is 1350. The van der Waals surface area contributed by atoms with Crippen molar-refractivity contribution < 1.29 is 23.8 Å². The molecule has 2 aromatic heterocycles. The summed E-state index contributed by atoms with van der Waals surface area (Å²) in [5.41, 5.74) is 7.31. The minimum absolute atomic E-state index is 0.314. The second-order valence-electron chi connectivity index (χ2n) is 8.25. The Labute approximate surface area is 236 Å². The van der Waals surface area contributed by atoms with Crippen molar-refractivity contribution in [2.75, 3.05) is 26.4 Å². The fraction of sp³-hybridized carbons (Fsp3) is 0.133. The van der Waals surface area contributed by atoms with E-state index < -0.39 is 0 Å². The predicted octanol–water partition coefficient (Wildman–Crippen LogP) is 3.48. The molecule has 41 heavy (non-hydrogen) atoms. The van der Waals surface area contributed by atoms with Gasteiger partial charge in [0.25, 0.3) is 11.8 Å². The number of benzene rings is 2. The number of carbonyl (C=O) groups is 2. The van der Waals surface area contributed by atoms with Crippen LogP contribution in [-0.4, -0.2) is 60.6 Å². The molecule has 208 valence electrons. The van der Waals surface area contributed by atoms with Crippen LogP contribution in [0.2, 0.25) is 0 Å². The number of ether oxygens (including phenoxy) is 3. The molecule has 0 bridgehead atoms. The third-order valence-corrected chi connectivity index (χ3v) is 5.43. The maximum atomic E-state index is 12.1. The van der Waals surface area contributed by atoms with Gasteiger partial charge in [0, 0.05) is 47.0 Å². The molecule has 0 aliphatic carbocycles. The van der Waals surface area contributed by atoms with Crippen LogP contribution in [-0.2, 0) is 4.74 Å². The maximum Gasteiger partial charge on any atom is 0.271 e. The molecule has 0 aliphatic heterocycles. The van der Waals surface area contributed by atoms with Crippen LogP contribution in [0, 0.1) is 0 Å². The molecule has 2 aromatic carbocycles. The molecule has 0 radical (unpaired) electrons. The number of nitrogens with one attached hydrogen (secondary N) is 2. The standard InChI is InChI=1S/C30H28N6O5/c37-29(23-9-13-31-14-10-23)35-33-21-25-5-1-3-7-27(25)40-19-17-39-18-20-41-28-8-4-2-6-26(28)22-34-36-30(38)24-11-15-32-16-12-24/h1-16,21-22H,17-20H2,(H,35,37)(H,36,38). The van der Waals surface area contributed by atoms with Crippen LogP contribution in [0.5, 0.6) is 11.5 Å². The third-order valence-electron chi connectivity index (χ3n) is 5.43. The molecular weight excluding hydrogens is 524 g/mol. The van der Waals surface area contributed by atoms with Crippen molar-refractivity contribution in [2.24, 2.45) is 10.2 Å². The largest absolute Gasteiger partial charge is 0.491 e. The van der Waals surface area contributed by atoms with E-state index in [1.165, 1.54) is 12.4 Å². The van der Waals surface area contributed by atoms with Crippen molar-refractivity contribution in [2.45, 2.75) is 0 Å². The number of hydrogen-bond acceptors (Lipinski definition) is 9. The second kappa shape index (κ2) is 15.9. The van der Waals surface area contributed by atoms with E-state index in [0.717, 1.165) is 0 Å². The zero-order chi connectivity index (χ0) is 28.5. The third kappa shape index (κ3) is 9.37. The number of hydrogen-bond donors (Lipinski definition) is 2. The highest BCUT2D eigenvalue weighted by atomic mass is 16.5. The lowest BCUT2D eigenvalue weighted by molar-refractivity contribution is 0.0763. The highest BCUT2D eigenvalue weighted by Gasteiger charge is 2.06. The molecule has 0 spiro atoms. The fourth-order valence-electron chi connectivity index (χ4n) is 3.42. The Morgan fingerprint density at radius 3 is 1.46 bits per heavy atom. The van der Waals surface area contributed by atoms with E-state index in [0.29, 0.717) is 60.2 Å². The number of nitrogens with zero attached hydrogens (tertiary/aromatic N) is 4. The Balaban J connectivity index is 1.16. The SMILES string of the molecule is O=C(NN=Cc1ccccc1OCCOCCOc1ccccc1C=NNC(=O)c1ccncc1)c1ccncc1. The maximum absolute atomic E-state index is 12.1. The van der Waals surface area contributed by atoms with Crippen LogP contribution in [0.1, 0.15) is 31.8 Å². The van der Waals surface area contributed by atoms with Crippen LogP contribution in [0.4, 0.5) is 0 Å². The molecule has 0 unspecified atom stereocenters. The molecule has 0 aliphatic rings. The van der Waals surface area contributed by atoms with Gasteiger partial charge in [-0.25, -0.2) is 10.9 Å². The minimum Gasteiger partial charge on any atom is -0.491 e. The summed E-state index contributed by atoms with van der Waals surface area (Å²) >= 11 is 0. The van der Waals surface area contributed by atoms with E-state index in [4.69, 9.17) is 14.2 Å². The van der Waals surface area contributed by atoms with Crippen molar-refractivity contribution in [3.63, 3.8) is 0 Å². The summed E-state index contributed by atoms with van der Waals surface area (Å²) in [6.45, 7) is 1.32. The molecule has 0 atom stereocenters. The van der Waals surface area contributed by atoms with Gasteiger partial charge in [-0.1, -0.05) is 24.3 Å². The lowest BCUT2D eigenvalue weighted by Gasteiger charge is -2.11. The van der Waals surface area contributed by atoms with Gasteiger partial charge in [0.05, 0.1) is 25.6 Å². The summed E-state index contributed by atoms with van der Waals surface area (Å²) in [6, 6.07) is 21.1. The summed E-state index contributed by atoms with van der Waals surface area (Å²) in [5.74, 6) is 0.553. The van der Waals surface area contributed by atoms with E-state index in [9.17, 15) is 9.59 Å². The number of hydrazone groups is 2. The Kier molecular flexibility index (Phi) is 11.1. The van der Waals surface area contributed by atoms with Crippen LogP contribution < -0.4 is 20.3 Å². The summed E-state index contributed by atoms with van der Waals surface area (Å²) in [5, 5.41) is 8.04. The van der Waals surface area contributed by atoms with E-state index in [1.54, 1.807) is 49.1 Å². The van der Waals surface area contributed by atoms with Crippen LogP contribution in [0.3, 0.4) is 0 Å². The summed E-state index contributed by atoms with van der Waals surface area (Å²) in [6.07, 6.45) is 9.21. The molecule has 2 amide bonds. The molecule has 2 N–H and O–H groups in total. The first kappa shape index (κ1) is 28.6. The summed E-state index contributed by atoms with van der Waals surface area (Å²) in [7, 11) is 0. The van der Waals surface area contributed by atoms with Gasteiger partial charge in [-0.2, -0.15) is 10.2 Å². The Morgan fingerprint density at radius 2 is 1.02 bits per heavy atom. The lowest BCUT2D eigenvalue weighted by Crippen LogP contribution is -2.17. The van der Waals surface area contributed by atoms with Crippen molar-refractivity contribution >= 4 is 24.2 Å². The number of aromatic nitrogens is 2. The van der Waals surface area contributed by atoms with Gasteiger partial charge in [-0.15, -0.1) is 0 Å². The zero-order valence-corrected chi connectivity index (χ0v) is 22.1. The number of rotatable bonds is 14. The summed E-state index contributed by atoms with van der Waals surface area (Å²) in [4.78, 5) is 32.0. The number of amides is 2. The second-order valence-corrected chi connectivity index (χ2v) is 8.25.